The number of carbonyl (C=O) groups excluding carboxylic acids is 1. The van der Waals surface area contributed by atoms with E-state index in [1.165, 1.54) is 34.2 Å². The van der Waals surface area contributed by atoms with Crippen molar-refractivity contribution in [2.24, 2.45) is 0 Å². The zero-order chi connectivity index (χ0) is 22.9. The van der Waals surface area contributed by atoms with Crippen molar-refractivity contribution in [2.45, 2.75) is 38.1 Å². The van der Waals surface area contributed by atoms with E-state index < -0.39 is 5.82 Å². The molecule has 2 aliphatic rings. The number of rotatable bonds is 5. The highest BCUT2D eigenvalue weighted by Gasteiger charge is 2.36. The van der Waals surface area contributed by atoms with Crippen LogP contribution in [0.4, 0.5) is 10.1 Å². The Bertz CT molecular complexity index is 1200. The summed E-state index contributed by atoms with van der Waals surface area (Å²) in [5.41, 5.74) is 4.28. The van der Waals surface area contributed by atoms with Gasteiger partial charge in [0, 0.05) is 26.3 Å². The van der Waals surface area contributed by atoms with E-state index in [0.29, 0.717) is 4.47 Å². The van der Waals surface area contributed by atoms with Crippen LogP contribution in [0.15, 0.2) is 46.9 Å². The Hall–Kier alpha value is -2.22. The third-order valence-electron chi connectivity index (χ3n) is 6.56. The van der Waals surface area contributed by atoms with Gasteiger partial charge in [-0.2, -0.15) is 0 Å². The lowest BCUT2D eigenvalue weighted by molar-refractivity contribution is -0.117. The van der Waals surface area contributed by atoms with Crippen molar-refractivity contribution in [1.82, 2.24) is 4.90 Å². The Kier molecular flexibility index (Phi) is 6.54. The number of amides is 1. The minimum atomic E-state index is -0.453. The van der Waals surface area contributed by atoms with Gasteiger partial charge < -0.3 is 10.1 Å². The van der Waals surface area contributed by atoms with E-state index in [9.17, 15) is 9.18 Å². The number of halogens is 2. The SMILES string of the molecule is COc1ccccc1[C@H]1c2sc3c(c2CCN1CC(=O)Nc1ccc(Br)cc1F)CCCC3. The van der Waals surface area contributed by atoms with Crippen LogP contribution >= 0.6 is 27.3 Å². The first kappa shape index (κ1) is 22.6. The van der Waals surface area contributed by atoms with Crippen LogP contribution in [0.2, 0.25) is 0 Å². The highest BCUT2D eigenvalue weighted by atomic mass is 79.9. The summed E-state index contributed by atoms with van der Waals surface area (Å²) in [7, 11) is 1.69. The second kappa shape index (κ2) is 9.57. The van der Waals surface area contributed by atoms with Crippen LogP contribution in [-0.4, -0.2) is 31.0 Å². The van der Waals surface area contributed by atoms with Gasteiger partial charge in [-0.25, -0.2) is 4.39 Å². The van der Waals surface area contributed by atoms with Crippen LogP contribution in [0.1, 0.15) is 45.3 Å². The molecule has 1 N–H and O–H groups in total. The first-order valence-corrected chi connectivity index (χ1v) is 12.9. The Morgan fingerprint density at radius 2 is 2.00 bits per heavy atom. The van der Waals surface area contributed by atoms with Crippen molar-refractivity contribution in [3.05, 3.63) is 79.2 Å². The summed E-state index contributed by atoms with van der Waals surface area (Å²) in [6.07, 6.45) is 5.74. The molecule has 172 valence electrons. The fourth-order valence-electron chi connectivity index (χ4n) is 5.06. The van der Waals surface area contributed by atoms with E-state index in [0.717, 1.165) is 37.1 Å². The second-order valence-corrected chi connectivity index (χ2v) is 10.6. The molecule has 0 saturated heterocycles. The monoisotopic (exact) mass is 528 g/mol. The summed E-state index contributed by atoms with van der Waals surface area (Å²) in [4.78, 5) is 18.0. The Morgan fingerprint density at radius 3 is 2.82 bits per heavy atom. The van der Waals surface area contributed by atoms with Gasteiger partial charge in [0.25, 0.3) is 0 Å². The molecule has 1 aliphatic heterocycles. The number of ether oxygens (including phenoxy) is 1. The number of methoxy groups -OCH3 is 1. The lowest BCUT2D eigenvalue weighted by Crippen LogP contribution is -2.41. The highest BCUT2D eigenvalue weighted by molar-refractivity contribution is 9.10. The van der Waals surface area contributed by atoms with Crippen LogP contribution < -0.4 is 10.1 Å². The van der Waals surface area contributed by atoms with Crippen LogP contribution in [0.3, 0.4) is 0 Å². The standard InChI is InChI=1S/C26H26BrFN2O2S/c1-32-22-8-4-2-7-19(22)25-26-18(17-6-3-5-9-23(17)33-26)12-13-30(25)15-24(31)29-21-11-10-16(27)14-20(21)28/h2,4,7-8,10-11,14,25H,3,5-6,9,12-13,15H2,1H3,(H,29,31)/t25-/m0/s1. The van der Waals surface area contributed by atoms with Gasteiger partial charge in [-0.05, 0) is 67.5 Å². The maximum atomic E-state index is 14.3. The molecule has 3 aromatic rings. The average molecular weight is 529 g/mol. The fourth-order valence-corrected chi connectivity index (χ4v) is 6.99. The molecule has 7 heteroatoms. The average Bonchev–Trinajstić information content (AvgIpc) is 3.19. The molecule has 0 radical (unpaired) electrons. The number of fused-ring (bicyclic) bond motifs is 3. The molecule has 0 saturated carbocycles. The van der Waals surface area contributed by atoms with E-state index in [1.54, 1.807) is 24.8 Å². The summed E-state index contributed by atoms with van der Waals surface area (Å²) >= 11 is 5.16. The number of hydrogen-bond acceptors (Lipinski definition) is 4. The van der Waals surface area contributed by atoms with Gasteiger partial charge in [-0.3, -0.25) is 9.69 Å². The Balaban J connectivity index is 1.48. The van der Waals surface area contributed by atoms with Crippen LogP contribution in [0, 0.1) is 5.82 Å². The number of benzene rings is 2. The number of anilines is 1. The molecule has 1 atom stereocenters. The molecule has 1 amide bonds. The minimum absolute atomic E-state index is 0.0546. The molecule has 2 heterocycles. The summed E-state index contributed by atoms with van der Waals surface area (Å²) in [6.45, 7) is 0.954. The molecule has 5 rings (SSSR count). The summed E-state index contributed by atoms with van der Waals surface area (Å²) < 4.78 is 20.6. The maximum absolute atomic E-state index is 14.3. The van der Waals surface area contributed by atoms with Gasteiger partial charge >= 0.3 is 0 Å². The van der Waals surface area contributed by atoms with E-state index in [4.69, 9.17) is 4.74 Å². The van der Waals surface area contributed by atoms with Gasteiger partial charge in [-0.1, -0.05) is 34.1 Å². The van der Waals surface area contributed by atoms with Crippen LogP contribution in [-0.2, 0) is 24.1 Å². The van der Waals surface area contributed by atoms with E-state index in [2.05, 4.69) is 32.2 Å². The quantitative estimate of drug-likeness (QED) is 0.433. The van der Waals surface area contributed by atoms with Crippen LogP contribution in [0.5, 0.6) is 5.75 Å². The smallest absolute Gasteiger partial charge is 0.238 e. The molecule has 1 aromatic heterocycles. The Labute approximate surface area is 205 Å². The number of carbonyl (C=O) groups is 1. The summed E-state index contributed by atoms with van der Waals surface area (Å²) in [5, 5.41) is 2.75. The summed E-state index contributed by atoms with van der Waals surface area (Å²) in [6, 6.07) is 12.7. The molecule has 0 fully saturated rings. The fraction of sp³-hybridized carbons (Fsp3) is 0.346. The van der Waals surface area contributed by atoms with Gasteiger partial charge in [0.15, 0.2) is 0 Å². The summed E-state index contributed by atoms with van der Waals surface area (Å²) in [5.74, 6) is 0.151. The van der Waals surface area contributed by atoms with E-state index in [1.807, 2.05) is 29.5 Å². The van der Waals surface area contributed by atoms with E-state index in [-0.39, 0.29) is 24.2 Å². The molecule has 0 bridgehead atoms. The number of nitrogens with zero attached hydrogens (tertiary/aromatic N) is 1. The van der Waals surface area contributed by atoms with Gasteiger partial charge in [0.1, 0.15) is 11.6 Å². The van der Waals surface area contributed by atoms with E-state index >= 15 is 0 Å². The molecule has 4 nitrogen and oxygen atoms in total. The molecule has 2 aromatic carbocycles. The molecule has 0 unspecified atom stereocenters. The Morgan fingerprint density at radius 1 is 1.18 bits per heavy atom. The number of hydrogen-bond donors (Lipinski definition) is 1. The van der Waals surface area contributed by atoms with Crippen molar-refractivity contribution >= 4 is 38.9 Å². The zero-order valence-corrected chi connectivity index (χ0v) is 20.9. The predicted octanol–water partition coefficient (Wildman–Crippen LogP) is 6.12. The van der Waals surface area contributed by atoms with Crippen molar-refractivity contribution in [3.63, 3.8) is 0 Å². The topological polar surface area (TPSA) is 41.6 Å². The van der Waals surface area contributed by atoms with Gasteiger partial charge in [0.05, 0.1) is 25.4 Å². The number of nitrogens with one attached hydrogen (secondary N) is 1. The van der Waals surface area contributed by atoms with Crippen molar-refractivity contribution < 1.29 is 13.9 Å². The molecular weight excluding hydrogens is 503 g/mol. The molecular formula is C26H26BrFN2O2S. The zero-order valence-electron chi connectivity index (χ0n) is 18.5. The first-order valence-electron chi connectivity index (χ1n) is 11.3. The molecule has 33 heavy (non-hydrogen) atoms. The maximum Gasteiger partial charge on any atom is 0.238 e. The van der Waals surface area contributed by atoms with Gasteiger partial charge in [-0.15, -0.1) is 11.3 Å². The predicted molar refractivity (Wildman–Crippen MR) is 134 cm³/mol. The van der Waals surface area contributed by atoms with Gasteiger partial charge in [0.2, 0.25) is 5.91 Å². The highest BCUT2D eigenvalue weighted by Crippen LogP contribution is 2.46. The second-order valence-electron chi connectivity index (χ2n) is 8.59. The number of para-hydroxylation sites is 1. The van der Waals surface area contributed by atoms with Crippen molar-refractivity contribution in [3.8, 4) is 5.75 Å². The third-order valence-corrected chi connectivity index (χ3v) is 8.44. The molecule has 0 spiro atoms. The first-order chi connectivity index (χ1) is 16.0. The van der Waals surface area contributed by atoms with Crippen molar-refractivity contribution in [1.29, 1.82) is 0 Å². The van der Waals surface area contributed by atoms with Crippen LogP contribution in [0.25, 0.3) is 0 Å². The lowest BCUT2D eigenvalue weighted by atomic mass is 9.88. The molecule has 1 aliphatic carbocycles. The van der Waals surface area contributed by atoms with Crippen molar-refractivity contribution in [2.75, 3.05) is 25.5 Å². The third kappa shape index (κ3) is 4.46. The normalized spacial score (nSPS) is 17.8. The largest absolute Gasteiger partial charge is 0.496 e. The number of thiophene rings is 1. The minimum Gasteiger partial charge on any atom is -0.496 e. The lowest BCUT2D eigenvalue weighted by Gasteiger charge is -2.36. The number of aryl methyl sites for hydroxylation is 1.